The lowest BCUT2D eigenvalue weighted by Gasteiger charge is -2.39. The van der Waals surface area contributed by atoms with Crippen LogP contribution in [0.15, 0.2) is 0 Å². The van der Waals surface area contributed by atoms with Crippen molar-refractivity contribution in [2.45, 2.75) is 57.7 Å². The van der Waals surface area contributed by atoms with E-state index in [1.54, 1.807) is 0 Å². The molecule has 0 saturated carbocycles. The van der Waals surface area contributed by atoms with Crippen molar-refractivity contribution in [2.24, 2.45) is 5.73 Å². The highest BCUT2D eigenvalue weighted by Crippen LogP contribution is 2.22. The van der Waals surface area contributed by atoms with Crippen molar-refractivity contribution in [3.05, 3.63) is 0 Å². The first-order valence-corrected chi connectivity index (χ1v) is 5.79. The Labute approximate surface area is 87.3 Å². The Balaban J connectivity index is 2.32. The van der Waals surface area contributed by atoms with Gasteiger partial charge in [0.05, 0.1) is 6.10 Å². The SMILES string of the molecule is C[C@@H]1CCC[C@H](C)N1CCC(O)CN. The lowest BCUT2D eigenvalue weighted by atomic mass is 9.97. The fourth-order valence-corrected chi connectivity index (χ4v) is 2.33. The molecule has 0 aromatic rings. The molecule has 14 heavy (non-hydrogen) atoms. The summed E-state index contributed by atoms with van der Waals surface area (Å²) in [5.74, 6) is 0. The number of aliphatic hydroxyl groups is 1. The van der Waals surface area contributed by atoms with Crippen LogP contribution in [-0.4, -0.2) is 41.3 Å². The molecular formula is C11H24N2O. The highest BCUT2D eigenvalue weighted by molar-refractivity contribution is 4.79. The molecule has 3 nitrogen and oxygen atoms in total. The number of rotatable bonds is 4. The summed E-state index contributed by atoms with van der Waals surface area (Å²) in [6, 6.07) is 1.34. The molecule has 1 fully saturated rings. The third-order valence-electron chi connectivity index (χ3n) is 3.37. The van der Waals surface area contributed by atoms with Gasteiger partial charge in [0.15, 0.2) is 0 Å². The van der Waals surface area contributed by atoms with Gasteiger partial charge in [-0.1, -0.05) is 6.42 Å². The van der Waals surface area contributed by atoms with Gasteiger partial charge in [-0.25, -0.2) is 0 Å². The predicted molar refractivity (Wildman–Crippen MR) is 59.2 cm³/mol. The van der Waals surface area contributed by atoms with E-state index in [1.165, 1.54) is 19.3 Å². The highest BCUT2D eigenvalue weighted by Gasteiger charge is 2.24. The number of hydrogen-bond acceptors (Lipinski definition) is 3. The van der Waals surface area contributed by atoms with Crippen molar-refractivity contribution in [3.8, 4) is 0 Å². The molecule has 0 aliphatic carbocycles. The smallest absolute Gasteiger partial charge is 0.0674 e. The van der Waals surface area contributed by atoms with Gasteiger partial charge in [-0.05, 0) is 33.1 Å². The van der Waals surface area contributed by atoms with E-state index in [2.05, 4.69) is 18.7 Å². The van der Waals surface area contributed by atoms with Crippen LogP contribution < -0.4 is 5.73 Å². The van der Waals surface area contributed by atoms with Gasteiger partial charge in [0.2, 0.25) is 0 Å². The number of piperidine rings is 1. The molecular weight excluding hydrogens is 176 g/mol. The summed E-state index contributed by atoms with van der Waals surface area (Å²) < 4.78 is 0. The zero-order chi connectivity index (χ0) is 10.6. The van der Waals surface area contributed by atoms with Crippen molar-refractivity contribution in [1.82, 2.24) is 4.90 Å². The molecule has 3 atom stereocenters. The minimum absolute atomic E-state index is 0.323. The molecule has 0 amide bonds. The van der Waals surface area contributed by atoms with Gasteiger partial charge >= 0.3 is 0 Å². The summed E-state index contributed by atoms with van der Waals surface area (Å²) in [5.41, 5.74) is 5.39. The number of aliphatic hydroxyl groups excluding tert-OH is 1. The summed E-state index contributed by atoms with van der Waals surface area (Å²) in [5, 5.41) is 9.41. The second-order valence-corrected chi connectivity index (χ2v) is 4.54. The maximum atomic E-state index is 9.41. The summed E-state index contributed by atoms with van der Waals surface area (Å²) in [6.45, 7) is 5.94. The van der Waals surface area contributed by atoms with Crippen LogP contribution in [0.25, 0.3) is 0 Å². The molecule has 0 aromatic heterocycles. The van der Waals surface area contributed by atoms with E-state index < -0.39 is 0 Å². The first-order chi connectivity index (χ1) is 6.65. The van der Waals surface area contributed by atoms with Gasteiger partial charge in [0.25, 0.3) is 0 Å². The van der Waals surface area contributed by atoms with E-state index in [1.807, 2.05) is 0 Å². The molecule has 1 rings (SSSR count). The lowest BCUT2D eigenvalue weighted by molar-refractivity contribution is 0.0771. The topological polar surface area (TPSA) is 49.5 Å². The minimum atomic E-state index is -0.323. The first kappa shape index (κ1) is 12.0. The Bertz CT molecular complexity index is 153. The molecule has 0 bridgehead atoms. The van der Waals surface area contributed by atoms with Crippen LogP contribution >= 0.6 is 0 Å². The Kier molecular flexibility index (Phi) is 4.85. The predicted octanol–water partition coefficient (Wildman–Crippen LogP) is 0.959. The molecule has 1 aliphatic rings. The molecule has 3 N–H and O–H groups in total. The average molecular weight is 200 g/mol. The second-order valence-electron chi connectivity index (χ2n) is 4.54. The van der Waals surface area contributed by atoms with E-state index >= 15 is 0 Å². The lowest BCUT2D eigenvalue weighted by Crippen LogP contribution is -2.45. The Morgan fingerprint density at radius 3 is 2.43 bits per heavy atom. The first-order valence-electron chi connectivity index (χ1n) is 5.79. The van der Waals surface area contributed by atoms with Crippen molar-refractivity contribution >= 4 is 0 Å². The largest absolute Gasteiger partial charge is 0.392 e. The molecule has 1 unspecified atom stereocenters. The van der Waals surface area contributed by atoms with Gasteiger partial charge in [0, 0.05) is 25.2 Å². The molecule has 1 aliphatic heterocycles. The molecule has 1 saturated heterocycles. The fraction of sp³-hybridized carbons (Fsp3) is 1.00. The standard InChI is InChI=1S/C11H24N2O/c1-9-4-3-5-10(2)13(9)7-6-11(14)8-12/h9-11,14H,3-8,12H2,1-2H3/t9-,10+,11?. The number of hydrogen-bond donors (Lipinski definition) is 2. The number of nitrogens with zero attached hydrogens (tertiary/aromatic N) is 1. The van der Waals surface area contributed by atoms with Gasteiger partial charge in [-0.2, -0.15) is 0 Å². The van der Waals surface area contributed by atoms with E-state index in [0.29, 0.717) is 18.6 Å². The number of likely N-dealkylation sites (tertiary alicyclic amines) is 1. The van der Waals surface area contributed by atoms with Crippen LogP contribution in [0.1, 0.15) is 39.5 Å². The van der Waals surface area contributed by atoms with Gasteiger partial charge in [-0.15, -0.1) is 0 Å². The van der Waals surface area contributed by atoms with E-state index in [4.69, 9.17) is 5.73 Å². The third kappa shape index (κ3) is 3.23. The van der Waals surface area contributed by atoms with Crippen LogP contribution in [0.3, 0.4) is 0 Å². The van der Waals surface area contributed by atoms with Gasteiger partial charge in [-0.3, -0.25) is 4.90 Å². The van der Waals surface area contributed by atoms with Gasteiger partial charge < -0.3 is 10.8 Å². The molecule has 0 spiro atoms. The Morgan fingerprint density at radius 2 is 1.93 bits per heavy atom. The summed E-state index contributed by atoms with van der Waals surface area (Å²) >= 11 is 0. The quantitative estimate of drug-likeness (QED) is 0.710. The third-order valence-corrected chi connectivity index (χ3v) is 3.37. The fourth-order valence-electron chi connectivity index (χ4n) is 2.33. The van der Waals surface area contributed by atoms with Crippen LogP contribution in [-0.2, 0) is 0 Å². The number of nitrogens with two attached hydrogens (primary N) is 1. The van der Waals surface area contributed by atoms with E-state index in [0.717, 1.165) is 13.0 Å². The zero-order valence-corrected chi connectivity index (χ0v) is 9.45. The van der Waals surface area contributed by atoms with Crippen LogP contribution in [0, 0.1) is 0 Å². The molecule has 0 radical (unpaired) electrons. The summed E-state index contributed by atoms with van der Waals surface area (Å²) in [4.78, 5) is 2.50. The van der Waals surface area contributed by atoms with E-state index in [-0.39, 0.29) is 6.10 Å². The zero-order valence-electron chi connectivity index (χ0n) is 9.45. The maximum absolute atomic E-state index is 9.41. The van der Waals surface area contributed by atoms with Gasteiger partial charge in [0.1, 0.15) is 0 Å². The van der Waals surface area contributed by atoms with Crippen molar-refractivity contribution in [1.29, 1.82) is 0 Å². The average Bonchev–Trinajstić information content (AvgIpc) is 2.16. The Hall–Kier alpha value is -0.120. The molecule has 0 aromatic carbocycles. The van der Waals surface area contributed by atoms with E-state index in [9.17, 15) is 5.11 Å². The minimum Gasteiger partial charge on any atom is -0.392 e. The van der Waals surface area contributed by atoms with Crippen molar-refractivity contribution < 1.29 is 5.11 Å². The normalized spacial score (nSPS) is 31.7. The monoisotopic (exact) mass is 200 g/mol. The Morgan fingerprint density at radius 1 is 1.36 bits per heavy atom. The molecule has 84 valence electrons. The van der Waals surface area contributed by atoms with Crippen LogP contribution in [0.4, 0.5) is 0 Å². The van der Waals surface area contributed by atoms with Crippen molar-refractivity contribution in [2.75, 3.05) is 13.1 Å². The maximum Gasteiger partial charge on any atom is 0.0674 e. The summed E-state index contributed by atoms with van der Waals surface area (Å²) in [6.07, 6.45) is 4.42. The molecule has 3 heteroatoms. The van der Waals surface area contributed by atoms with Crippen LogP contribution in [0.2, 0.25) is 0 Å². The second kappa shape index (κ2) is 5.69. The molecule has 1 heterocycles. The summed E-state index contributed by atoms with van der Waals surface area (Å²) in [7, 11) is 0. The van der Waals surface area contributed by atoms with Crippen LogP contribution in [0.5, 0.6) is 0 Å². The van der Waals surface area contributed by atoms with Crippen molar-refractivity contribution in [3.63, 3.8) is 0 Å². The highest BCUT2D eigenvalue weighted by atomic mass is 16.3.